The lowest BCUT2D eigenvalue weighted by atomic mass is 10.0. The first kappa shape index (κ1) is 30.7. The molecule has 216 valence electrons. The molecule has 1 aliphatic carbocycles. The van der Waals surface area contributed by atoms with Gasteiger partial charge in [0.1, 0.15) is 11.6 Å². The number of halogens is 4. The Kier molecular flexibility index (Phi) is 9.86. The Bertz CT molecular complexity index is 1560. The van der Waals surface area contributed by atoms with Crippen molar-refractivity contribution in [1.82, 2.24) is 10.6 Å². The standard InChI is InChI=1S/C30H28Cl2F2N2O4S/c1-20(36-28-19-22(33)15-16-30(28,34)41(38,39)23-13-11-21(31)12-14-23)24-7-3-5-10-27(24)40-18-6-17-35-29(37)25-8-2-4-9-26(25)32/h2-5,7-16,19-20,28,36H,6,17-18H2,1H3,(H,35,37). The van der Waals surface area contributed by atoms with Crippen molar-refractivity contribution in [3.05, 3.63) is 118 Å². The number of nitrogens with one attached hydrogen (secondary N) is 2. The minimum atomic E-state index is -4.60. The molecule has 0 radical (unpaired) electrons. The quantitative estimate of drug-likeness (QED) is 0.231. The maximum atomic E-state index is 16.4. The van der Waals surface area contributed by atoms with Gasteiger partial charge in [0.25, 0.3) is 10.9 Å². The Morgan fingerprint density at radius 2 is 1.73 bits per heavy atom. The smallest absolute Gasteiger partial charge is 0.252 e. The van der Waals surface area contributed by atoms with Crippen LogP contribution in [0.25, 0.3) is 0 Å². The Morgan fingerprint density at radius 1 is 1.05 bits per heavy atom. The third-order valence-electron chi connectivity index (χ3n) is 6.55. The number of amides is 1. The highest BCUT2D eigenvalue weighted by molar-refractivity contribution is 7.93. The van der Waals surface area contributed by atoms with Crippen LogP contribution in [-0.2, 0) is 9.84 Å². The Balaban J connectivity index is 1.43. The lowest BCUT2D eigenvalue weighted by Crippen LogP contribution is -2.52. The molecule has 3 aromatic carbocycles. The van der Waals surface area contributed by atoms with E-state index in [1.165, 1.54) is 24.3 Å². The molecule has 2 N–H and O–H groups in total. The lowest BCUT2D eigenvalue weighted by molar-refractivity contribution is 0.0951. The van der Waals surface area contributed by atoms with Crippen LogP contribution in [0, 0.1) is 0 Å². The second-order valence-electron chi connectivity index (χ2n) is 9.38. The second-order valence-corrected chi connectivity index (χ2v) is 12.3. The van der Waals surface area contributed by atoms with Crippen LogP contribution in [-0.4, -0.2) is 38.5 Å². The zero-order valence-electron chi connectivity index (χ0n) is 22.0. The fraction of sp³-hybridized carbons (Fsp3) is 0.233. The molecule has 0 bridgehead atoms. The molecule has 6 nitrogen and oxygen atoms in total. The van der Waals surface area contributed by atoms with Crippen LogP contribution in [0.1, 0.15) is 35.3 Å². The van der Waals surface area contributed by atoms with E-state index >= 15 is 4.39 Å². The predicted molar refractivity (Wildman–Crippen MR) is 156 cm³/mol. The third-order valence-corrected chi connectivity index (χ3v) is 9.24. The second kappa shape index (κ2) is 13.2. The maximum Gasteiger partial charge on any atom is 0.252 e. The summed E-state index contributed by atoms with van der Waals surface area (Å²) in [5.74, 6) is -0.581. The van der Waals surface area contributed by atoms with Crippen LogP contribution >= 0.6 is 23.2 Å². The number of benzene rings is 3. The third kappa shape index (κ3) is 6.98. The van der Waals surface area contributed by atoms with Crippen LogP contribution in [0.4, 0.5) is 8.78 Å². The Morgan fingerprint density at radius 3 is 2.46 bits per heavy atom. The summed E-state index contributed by atoms with van der Waals surface area (Å²) in [4.78, 5) is 12.0. The van der Waals surface area contributed by atoms with Crippen molar-refractivity contribution in [2.75, 3.05) is 13.2 Å². The van der Waals surface area contributed by atoms with E-state index in [4.69, 9.17) is 27.9 Å². The van der Waals surface area contributed by atoms with E-state index in [1.807, 2.05) is 0 Å². The highest BCUT2D eigenvalue weighted by atomic mass is 35.5. The van der Waals surface area contributed by atoms with E-state index in [9.17, 15) is 17.6 Å². The maximum absolute atomic E-state index is 16.4. The summed E-state index contributed by atoms with van der Waals surface area (Å²) < 4.78 is 63.3. The first-order valence-corrected chi connectivity index (χ1v) is 15.0. The molecule has 0 saturated carbocycles. The number of hydrogen-bond donors (Lipinski definition) is 2. The van der Waals surface area contributed by atoms with Gasteiger partial charge in [0, 0.05) is 23.2 Å². The summed E-state index contributed by atoms with van der Waals surface area (Å²) in [6, 6.07) is 16.7. The molecule has 0 fully saturated rings. The summed E-state index contributed by atoms with van der Waals surface area (Å²) in [6.07, 6.45) is 2.92. The van der Waals surface area contributed by atoms with Gasteiger partial charge in [-0.15, -0.1) is 0 Å². The van der Waals surface area contributed by atoms with Gasteiger partial charge in [-0.25, -0.2) is 17.2 Å². The number of rotatable bonds is 11. The van der Waals surface area contributed by atoms with Crippen molar-refractivity contribution in [3.8, 4) is 5.75 Å². The topological polar surface area (TPSA) is 84.5 Å². The number of allylic oxidation sites excluding steroid dienone is 2. The molecule has 3 atom stereocenters. The number of carbonyl (C=O) groups is 1. The highest BCUT2D eigenvalue weighted by Gasteiger charge is 2.51. The molecule has 0 aliphatic heterocycles. The van der Waals surface area contributed by atoms with Crippen LogP contribution in [0.3, 0.4) is 0 Å². The van der Waals surface area contributed by atoms with E-state index in [2.05, 4.69) is 10.6 Å². The SMILES string of the molecule is CC(NC1C=C(F)C=CC1(F)S(=O)(=O)c1ccc(Cl)cc1)c1ccccc1OCCCNC(=O)c1ccccc1Cl. The van der Waals surface area contributed by atoms with Crippen molar-refractivity contribution in [2.24, 2.45) is 0 Å². The monoisotopic (exact) mass is 620 g/mol. The van der Waals surface area contributed by atoms with Gasteiger partial charge in [-0.1, -0.05) is 53.5 Å². The minimum absolute atomic E-state index is 0.255. The van der Waals surface area contributed by atoms with Gasteiger partial charge in [0.2, 0.25) is 9.84 Å². The van der Waals surface area contributed by atoms with Gasteiger partial charge in [0.05, 0.1) is 28.1 Å². The van der Waals surface area contributed by atoms with E-state index in [-0.39, 0.29) is 17.4 Å². The molecule has 4 rings (SSSR count). The highest BCUT2D eigenvalue weighted by Crippen LogP contribution is 2.38. The minimum Gasteiger partial charge on any atom is -0.493 e. The average Bonchev–Trinajstić information content (AvgIpc) is 2.95. The van der Waals surface area contributed by atoms with Crippen LogP contribution in [0.5, 0.6) is 5.75 Å². The summed E-state index contributed by atoms with van der Waals surface area (Å²) in [6.45, 7) is 2.29. The predicted octanol–water partition coefficient (Wildman–Crippen LogP) is 6.77. The number of alkyl halides is 1. The first-order chi connectivity index (χ1) is 19.5. The summed E-state index contributed by atoms with van der Waals surface area (Å²) >= 11 is 11.9. The van der Waals surface area contributed by atoms with Crippen LogP contribution < -0.4 is 15.4 Å². The van der Waals surface area contributed by atoms with Crippen LogP contribution in [0.2, 0.25) is 10.0 Å². The number of para-hydroxylation sites is 1. The van der Waals surface area contributed by atoms with Gasteiger partial charge in [-0.05, 0) is 74.0 Å². The van der Waals surface area contributed by atoms with Gasteiger partial charge in [-0.3, -0.25) is 10.1 Å². The molecular weight excluding hydrogens is 593 g/mol. The van der Waals surface area contributed by atoms with E-state index in [0.717, 1.165) is 18.2 Å². The largest absolute Gasteiger partial charge is 0.493 e. The van der Waals surface area contributed by atoms with Gasteiger partial charge in [0.15, 0.2) is 0 Å². The summed E-state index contributed by atoms with van der Waals surface area (Å²) in [5.41, 5.74) is 0.993. The zero-order valence-corrected chi connectivity index (χ0v) is 24.3. The van der Waals surface area contributed by atoms with Crippen LogP contribution in [0.15, 0.2) is 102 Å². The molecule has 41 heavy (non-hydrogen) atoms. The molecule has 0 saturated heterocycles. The molecule has 0 spiro atoms. The van der Waals surface area contributed by atoms with Crippen molar-refractivity contribution < 1.29 is 26.7 Å². The molecule has 0 heterocycles. The van der Waals surface area contributed by atoms with Crippen molar-refractivity contribution in [1.29, 1.82) is 0 Å². The van der Waals surface area contributed by atoms with Crippen molar-refractivity contribution in [2.45, 2.75) is 35.3 Å². The first-order valence-electron chi connectivity index (χ1n) is 12.8. The normalized spacial score (nSPS) is 19.3. The van der Waals surface area contributed by atoms with E-state index in [0.29, 0.717) is 39.9 Å². The molecule has 11 heteroatoms. The molecule has 3 unspecified atom stereocenters. The molecular formula is C30H28Cl2F2N2O4S. The van der Waals surface area contributed by atoms with Gasteiger partial charge < -0.3 is 10.1 Å². The molecule has 1 amide bonds. The zero-order chi connectivity index (χ0) is 29.6. The Hall–Kier alpha value is -3.24. The summed E-state index contributed by atoms with van der Waals surface area (Å²) in [5, 5.41) is 3.40. The van der Waals surface area contributed by atoms with E-state index < -0.39 is 32.7 Å². The van der Waals surface area contributed by atoms with Gasteiger partial charge >= 0.3 is 0 Å². The number of carbonyl (C=O) groups excluding carboxylic acids is 1. The number of ether oxygens (including phenoxy) is 1. The van der Waals surface area contributed by atoms with Crippen molar-refractivity contribution >= 4 is 38.9 Å². The Labute approximate surface area is 247 Å². The number of hydrogen-bond acceptors (Lipinski definition) is 5. The lowest BCUT2D eigenvalue weighted by Gasteiger charge is -2.34. The molecule has 3 aromatic rings. The average molecular weight is 622 g/mol. The molecule has 0 aromatic heterocycles. The number of sulfone groups is 1. The molecule has 1 aliphatic rings. The fourth-order valence-electron chi connectivity index (χ4n) is 4.36. The van der Waals surface area contributed by atoms with Gasteiger partial charge in [-0.2, -0.15) is 0 Å². The fourth-order valence-corrected chi connectivity index (χ4v) is 6.28. The summed E-state index contributed by atoms with van der Waals surface area (Å²) in [7, 11) is -4.60. The van der Waals surface area contributed by atoms with E-state index in [1.54, 1.807) is 55.5 Å². The van der Waals surface area contributed by atoms with Crippen molar-refractivity contribution in [3.63, 3.8) is 0 Å².